The fourth-order valence-electron chi connectivity index (χ4n) is 1.43. The maximum Gasteiger partial charge on any atom is 0.245 e. The smallest absolute Gasteiger partial charge is 0.245 e. The van der Waals surface area contributed by atoms with Gasteiger partial charge >= 0.3 is 0 Å². The van der Waals surface area contributed by atoms with Crippen LogP contribution in [-0.2, 0) is 11.3 Å². The van der Waals surface area contributed by atoms with Gasteiger partial charge < -0.3 is 15.2 Å². The van der Waals surface area contributed by atoms with Gasteiger partial charge in [-0.3, -0.25) is 4.79 Å². The molecule has 0 saturated heterocycles. The Morgan fingerprint density at radius 2 is 2.00 bits per heavy atom. The van der Waals surface area contributed by atoms with Crippen LogP contribution < -0.4 is 10.1 Å². The second kappa shape index (κ2) is 5.51. The predicted octanol–water partition coefficient (Wildman–Crippen LogP) is 0.921. The molecule has 88 valence electrons. The molecule has 0 unspecified atom stereocenters. The Labute approximate surface area is 95.2 Å². The zero-order valence-corrected chi connectivity index (χ0v) is 9.83. The molecular formula is C12H17NO3. The highest BCUT2D eigenvalue weighted by Gasteiger charge is 2.07. The van der Waals surface area contributed by atoms with Gasteiger partial charge in [0.15, 0.2) is 0 Å². The number of ether oxygens (including phenoxy) is 1. The molecule has 1 rings (SSSR count). The molecular weight excluding hydrogens is 206 g/mol. The summed E-state index contributed by atoms with van der Waals surface area (Å²) < 4.78 is 5.23. The van der Waals surface area contributed by atoms with Gasteiger partial charge in [-0.1, -0.05) is 6.07 Å². The van der Waals surface area contributed by atoms with Crippen molar-refractivity contribution in [2.45, 2.75) is 20.4 Å². The van der Waals surface area contributed by atoms with Gasteiger partial charge in [0.05, 0.1) is 7.11 Å². The Balaban J connectivity index is 2.86. The van der Waals surface area contributed by atoms with Crippen LogP contribution in [0.4, 0.5) is 0 Å². The first-order valence-electron chi connectivity index (χ1n) is 5.10. The van der Waals surface area contributed by atoms with Gasteiger partial charge in [-0.15, -0.1) is 0 Å². The number of aliphatic hydroxyl groups is 1. The lowest BCUT2D eigenvalue weighted by Crippen LogP contribution is -2.25. The fourth-order valence-corrected chi connectivity index (χ4v) is 1.43. The monoisotopic (exact) mass is 223 g/mol. The molecule has 0 aromatic heterocycles. The van der Waals surface area contributed by atoms with Crippen LogP contribution in [0, 0.1) is 13.8 Å². The number of benzene rings is 1. The number of aryl methyl sites for hydroxylation is 2. The Morgan fingerprint density at radius 1 is 1.38 bits per heavy atom. The minimum absolute atomic E-state index is 0.365. The molecule has 0 aliphatic heterocycles. The van der Waals surface area contributed by atoms with Gasteiger partial charge in [-0.05, 0) is 31.0 Å². The first-order valence-corrected chi connectivity index (χ1v) is 5.10. The quantitative estimate of drug-likeness (QED) is 0.798. The Bertz CT molecular complexity index is 388. The molecule has 2 N–H and O–H groups in total. The molecule has 1 aromatic rings. The van der Waals surface area contributed by atoms with E-state index in [1.54, 1.807) is 7.11 Å². The lowest BCUT2D eigenvalue weighted by Gasteiger charge is -2.12. The molecule has 0 atom stereocenters. The van der Waals surface area contributed by atoms with Crippen LogP contribution in [0.25, 0.3) is 0 Å². The van der Waals surface area contributed by atoms with Gasteiger partial charge in [0.2, 0.25) is 5.91 Å². The molecule has 4 heteroatoms. The number of rotatable bonds is 4. The molecule has 1 amide bonds. The number of methoxy groups -OCH3 is 1. The molecule has 16 heavy (non-hydrogen) atoms. The van der Waals surface area contributed by atoms with Crippen molar-refractivity contribution in [3.05, 3.63) is 28.8 Å². The first-order chi connectivity index (χ1) is 7.58. The summed E-state index contributed by atoms with van der Waals surface area (Å²) in [4.78, 5) is 10.9. The van der Waals surface area contributed by atoms with Crippen molar-refractivity contribution in [2.75, 3.05) is 13.7 Å². The second-order valence-electron chi connectivity index (χ2n) is 3.68. The third-order valence-corrected chi connectivity index (χ3v) is 2.52. The van der Waals surface area contributed by atoms with E-state index in [4.69, 9.17) is 9.84 Å². The zero-order valence-electron chi connectivity index (χ0n) is 9.83. The van der Waals surface area contributed by atoms with Crippen LogP contribution in [0.2, 0.25) is 0 Å². The molecule has 0 spiro atoms. The largest absolute Gasteiger partial charge is 0.496 e. The molecule has 0 saturated carbocycles. The van der Waals surface area contributed by atoms with Gasteiger partial charge in [0.1, 0.15) is 12.4 Å². The number of hydrogen-bond acceptors (Lipinski definition) is 3. The lowest BCUT2D eigenvalue weighted by atomic mass is 10.0. The van der Waals surface area contributed by atoms with Crippen LogP contribution in [0.5, 0.6) is 5.75 Å². The molecule has 1 aromatic carbocycles. The lowest BCUT2D eigenvalue weighted by molar-refractivity contribution is -0.123. The van der Waals surface area contributed by atoms with E-state index in [0.29, 0.717) is 6.54 Å². The standard InChI is InChI=1S/C12H17NO3/c1-8-4-10(6-13-12(15)7-14)11(16-3)5-9(8)2/h4-5,14H,6-7H2,1-3H3,(H,13,15). The van der Waals surface area contributed by atoms with E-state index in [9.17, 15) is 4.79 Å². The van der Waals surface area contributed by atoms with Gasteiger partial charge in [0, 0.05) is 12.1 Å². The second-order valence-corrected chi connectivity index (χ2v) is 3.68. The number of nitrogens with one attached hydrogen (secondary N) is 1. The van der Waals surface area contributed by atoms with Crippen molar-refractivity contribution in [1.82, 2.24) is 5.32 Å². The van der Waals surface area contributed by atoms with E-state index >= 15 is 0 Å². The van der Waals surface area contributed by atoms with E-state index in [0.717, 1.165) is 22.4 Å². The zero-order chi connectivity index (χ0) is 12.1. The van der Waals surface area contributed by atoms with E-state index in [-0.39, 0.29) is 5.91 Å². The SMILES string of the molecule is COc1cc(C)c(C)cc1CNC(=O)CO. The van der Waals surface area contributed by atoms with Crippen molar-refractivity contribution in [3.63, 3.8) is 0 Å². The van der Waals surface area contributed by atoms with Crippen molar-refractivity contribution in [2.24, 2.45) is 0 Å². The van der Waals surface area contributed by atoms with Crippen LogP contribution in [0.1, 0.15) is 16.7 Å². The summed E-state index contributed by atoms with van der Waals surface area (Å²) in [5.74, 6) is 0.363. The maximum absolute atomic E-state index is 10.9. The first kappa shape index (κ1) is 12.5. The van der Waals surface area contributed by atoms with Crippen molar-refractivity contribution < 1.29 is 14.6 Å². The van der Waals surface area contributed by atoms with Crippen LogP contribution in [0.3, 0.4) is 0 Å². The van der Waals surface area contributed by atoms with E-state index in [2.05, 4.69) is 5.32 Å². The average molecular weight is 223 g/mol. The Hall–Kier alpha value is -1.55. The summed E-state index contributed by atoms with van der Waals surface area (Å²) in [6.45, 7) is 3.89. The molecule has 0 aliphatic carbocycles. The highest BCUT2D eigenvalue weighted by molar-refractivity contribution is 5.76. The molecule has 0 heterocycles. The third kappa shape index (κ3) is 2.97. The summed E-state index contributed by atoms with van der Waals surface area (Å²) in [7, 11) is 1.60. The van der Waals surface area contributed by atoms with Crippen molar-refractivity contribution in [1.29, 1.82) is 0 Å². The van der Waals surface area contributed by atoms with Crippen LogP contribution in [0.15, 0.2) is 12.1 Å². The molecule has 0 fully saturated rings. The summed E-state index contributed by atoms with van der Waals surface area (Å²) in [5.41, 5.74) is 3.20. The van der Waals surface area contributed by atoms with Crippen molar-refractivity contribution >= 4 is 5.91 Å². The van der Waals surface area contributed by atoms with E-state index in [1.807, 2.05) is 26.0 Å². The van der Waals surface area contributed by atoms with Gasteiger partial charge in [-0.25, -0.2) is 0 Å². The third-order valence-electron chi connectivity index (χ3n) is 2.52. The topological polar surface area (TPSA) is 58.6 Å². The highest BCUT2D eigenvalue weighted by Crippen LogP contribution is 2.22. The molecule has 0 radical (unpaired) electrons. The number of carbonyl (C=O) groups is 1. The number of aliphatic hydroxyl groups excluding tert-OH is 1. The van der Waals surface area contributed by atoms with E-state index < -0.39 is 6.61 Å². The van der Waals surface area contributed by atoms with Crippen LogP contribution >= 0.6 is 0 Å². The summed E-state index contributed by atoms with van der Waals surface area (Å²) in [6, 6.07) is 3.92. The summed E-state index contributed by atoms with van der Waals surface area (Å²) in [5, 5.41) is 11.2. The van der Waals surface area contributed by atoms with Crippen LogP contribution in [-0.4, -0.2) is 24.7 Å². The Morgan fingerprint density at radius 3 is 2.56 bits per heavy atom. The number of carbonyl (C=O) groups excluding carboxylic acids is 1. The molecule has 0 aliphatic rings. The van der Waals surface area contributed by atoms with E-state index in [1.165, 1.54) is 0 Å². The average Bonchev–Trinajstić information content (AvgIpc) is 2.29. The highest BCUT2D eigenvalue weighted by atomic mass is 16.5. The summed E-state index contributed by atoms with van der Waals surface area (Å²) in [6.07, 6.45) is 0. The summed E-state index contributed by atoms with van der Waals surface area (Å²) >= 11 is 0. The fraction of sp³-hybridized carbons (Fsp3) is 0.417. The minimum Gasteiger partial charge on any atom is -0.496 e. The minimum atomic E-state index is -0.493. The Kier molecular flexibility index (Phi) is 4.31. The number of hydrogen-bond donors (Lipinski definition) is 2. The maximum atomic E-state index is 10.9. The molecule has 4 nitrogen and oxygen atoms in total. The normalized spacial score (nSPS) is 10.0. The predicted molar refractivity (Wildman–Crippen MR) is 61.4 cm³/mol. The number of amides is 1. The molecule has 0 bridgehead atoms. The van der Waals surface area contributed by atoms with Gasteiger partial charge in [0.25, 0.3) is 0 Å². The van der Waals surface area contributed by atoms with Gasteiger partial charge in [-0.2, -0.15) is 0 Å². The van der Waals surface area contributed by atoms with Crippen molar-refractivity contribution in [3.8, 4) is 5.75 Å².